The van der Waals surface area contributed by atoms with Crippen LogP contribution in [-0.4, -0.2) is 25.3 Å². The van der Waals surface area contributed by atoms with Crippen molar-refractivity contribution in [3.63, 3.8) is 0 Å². The van der Waals surface area contributed by atoms with E-state index in [0.29, 0.717) is 16.6 Å². The third kappa shape index (κ3) is 1.32. The fourth-order valence-corrected chi connectivity index (χ4v) is 1.72. The van der Waals surface area contributed by atoms with Crippen LogP contribution in [0.2, 0.25) is 0 Å². The zero-order valence-corrected chi connectivity index (χ0v) is 8.62. The number of benzene rings is 2. The standard InChI is InChI=1S/C12H8N2O3/c15-8-3-1-2-6-10(8)13-7-4-5-9(16)12(17)11(7)14-6/h1-5,15-17H. The van der Waals surface area contributed by atoms with Gasteiger partial charge >= 0.3 is 0 Å². The fraction of sp³-hybridized carbons (Fsp3) is 0. The van der Waals surface area contributed by atoms with Crippen LogP contribution in [0.1, 0.15) is 0 Å². The number of para-hydroxylation sites is 1. The molecule has 0 aliphatic heterocycles. The molecule has 1 heterocycles. The van der Waals surface area contributed by atoms with E-state index >= 15 is 0 Å². The maximum atomic E-state index is 9.67. The molecule has 5 nitrogen and oxygen atoms in total. The van der Waals surface area contributed by atoms with Gasteiger partial charge in [0.2, 0.25) is 0 Å². The number of fused-ring (bicyclic) bond motifs is 2. The van der Waals surface area contributed by atoms with Gasteiger partial charge in [0.15, 0.2) is 11.5 Å². The van der Waals surface area contributed by atoms with Crippen molar-refractivity contribution in [2.75, 3.05) is 0 Å². The number of rotatable bonds is 0. The molecule has 0 spiro atoms. The van der Waals surface area contributed by atoms with E-state index in [2.05, 4.69) is 9.97 Å². The fourth-order valence-electron chi connectivity index (χ4n) is 1.72. The average molecular weight is 228 g/mol. The molecular weight excluding hydrogens is 220 g/mol. The predicted octanol–water partition coefficient (Wildman–Crippen LogP) is 1.90. The minimum atomic E-state index is -0.305. The Balaban J connectivity index is 2.52. The van der Waals surface area contributed by atoms with Crippen molar-refractivity contribution in [2.24, 2.45) is 0 Å². The molecule has 0 radical (unpaired) electrons. The van der Waals surface area contributed by atoms with Gasteiger partial charge in [0.1, 0.15) is 16.8 Å². The summed E-state index contributed by atoms with van der Waals surface area (Å²) in [7, 11) is 0. The van der Waals surface area contributed by atoms with Gasteiger partial charge in [-0.05, 0) is 24.3 Å². The second kappa shape index (κ2) is 3.21. The van der Waals surface area contributed by atoms with Crippen LogP contribution in [0.3, 0.4) is 0 Å². The summed E-state index contributed by atoms with van der Waals surface area (Å²) in [5.41, 5.74) is 1.45. The van der Waals surface area contributed by atoms with E-state index in [9.17, 15) is 15.3 Å². The molecule has 0 atom stereocenters. The molecule has 5 heteroatoms. The SMILES string of the molecule is Oc1ccc2nc3c(O)cccc3nc2c1O. The van der Waals surface area contributed by atoms with Crippen LogP contribution >= 0.6 is 0 Å². The first-order valence-corrected chi connectivity index (χ1v) is 4.97. The Morgan fingerprint density at radius 2 is 1.41 bits per heavy atom. The molecule has 17 heavy (non-hydrogen) atoms. The maximum absolute atomic E-state index is 9.67. The summed E-state index contributed by atoms with van der Waals surface area (Å²) in [4.78, 5) is 8.36. The first kappa shape index (κ1) is 9.65. The Morgan fingerprint density at radius 3 is 2.24 bits per heavy atom. The summed E-state index contributed by atoms with van der Waals surface area (Å²) < 4.78 is 0. The van der Waals surface area contributed by atoms with Crippen LogP contribution in [0.5, 0.6) is 17.2 Å². The van der Waals surface area contributed by atoms with Gasteiger partial charge in [0.25, 0.3) is 0 Å². The first-order valence-electron chi connectivity index (χ1n) is 4.97. The lowest BCUT2D eigenvalue weighted by Gasteiger charge is -2.04. The highest BCUT2D eigenvalue weighted by atomic mass is 16.3. The molecular formula is C12H8N2O3. The maximum Gasteiger partial charge on any atom is 0.186 e. The molecule has 0 bridgehead atoms. The molecule has 3 N–H and O–H groups in total. The second-order valence-electron chi connectivity index (χ2n) is 3.67. The molecule has 0 unspecified atom stereocenters. The molecule has 0 saturated heterocycles. The molecule has 1 aromatic heterocycles. The van der Waals surface area contributed by atoms with E-state index in [1.54, 1.807) is 12.1 Å². The highest BCUT2D eigenvalue weighted by Gasteiger charge is 2.10. The summed E-state index contributed by atoms with van der Waals surface area (Å²) >= 11 is 0. The molecule has 2 aromatic carbocycles. The first-order chi connectivity index (χ1) is 8.16. The largest absolute Gasteiger partial charge is 0.506 e. The highest BCUT2D eigenvalue weighted by Crippen LogP contribution is 2.33. The summed E-state index contributed by atoms with van der Waals surface area (Å²) in [6.07, 6.45) is 0. The van der Waals surface area contributed by atoms with Gasteiger partial charge < -0.3 is 15.3 Å². The number of nitrogens with zero attached hydrogens (tertiary/aromatic N) is 2. The van der Waals surface area contributed by atoms with Crippen molar-refractivity contribution < 1.29 is 15.3 Å². The lowest BCUT2D eigenvalue weighted by Crippen LogP contribution is -1.88. The van der Waals surface area contributed by atoms with Crippen molar-refractivity contribution in [3.8, 4) is 17.2 Å². The van der Waals surface area contributed by atoms with E-state index in [-0.39, 0.29) is 22.8 Å². The van der Waals surface area contributed by atoms with Crippen LogP contribution in [0, 0.1) is 0 Å². The van der Waals surface area contributed by atoms with E-state index in [1.165, 1.54) is 18.2 Å². The van der Waals surface area contributed by atoms with Gasteiger partial charge in [-0.2, -0.15) is 0 Å². The van der Waals surface area contributed by atoms with E-state index in [0.717, 1.165) is 0 Å². The van der Waals surface area contributed by atoms with E-state index in [4.69, 9.17) is 0 Å². The second-order valence-corrected chi connectivity index (χ2v) is 3.67. The average Bonchev–Trinajstić information content (AvgIpc) is 2.33. The van der Waals surface area contributed by atoms with Gasteiger partial charge in [-0.3, -0.25) is 0 Å². The molecule has 0 aliphatic rings. The predicted molar refractivity (Wildman–Crippen MR) is 62.0 cm³/mol. The third-order valence-electron chi connectivity index (χ3n) is 2.57. The zero-order chi connectivity index (χ0) is 12.0. The Morgan fingerprint density at radius 1 is 0.706 bits per heavy atom. The summed E-state index contributed by atoms with van der Waals surface area (Å²) in [6, 6.07) is 7.69. The molecule has 0 saturated carbocycles. The van der Waals surface area contributed by atoms with Crippen molar-refractivity contribution >= 4 is 22.1 Å². The van der Waals surface area contributed by atoms with E-state index < -0.39 is 0 Å². The quantitative estimate of drug-likeness (QED) is 0.404. The monoisotopic (exact) mass is 228 g/mol. The number of phenolic OH excluding ortho intramolecular Hbond substituents is 3. The minimum Gasteiger partial charge on any atom is -0.506 e. The Kier molecular flexibility index (Phi) is 1.82. The Bertz CT molecular complexity index is 740. The van der Waals surface area contributed by atoms with Crippen molar-refractivity contribution in [1.29, 1.82) is 0 Å². The Hall–Kier alpha value is -2.56. The van der Waals surface area contributed by atoms with Gasteiger partial charge in [-0.15, -0.1) is 0 Å². The van der Waals surface area contributed by atoms with Crippen LogP contribution in [0.15, 0.2) is 30.3 Å². The summed E-state index contributed by atoms with van der Waals surface area (Å²) in [5, 5.41) is 28.7. The van der Waals surface area contributed by atoms with Crippen LogP contribution in [0.25, 0.3) is 22.1 Å². The number of phenols is 3. The summed E-state index contributed by atoms with van der Waals surface area (Å²) in [5.74, 6) is -0.518. The van der Waals surface area contributed by atoms with Crippen LogP contribution in [0.4, 0.5) is 0 Å². The van der Waals surface area contributed by atoms with Crippen molar-refractivity contribution in [3.05, 3.63) is 30.3 Å². The van der Waals surface area contributed by atoms with Gasteiger partial charge in [0.05, 0.1) is 11.0 Å². The lowest BCUT2D eigenvalue weighted by atomic mass is 10.2. The van der Waals surface area contributed by atoms with Crippen LogP contribution < -0.4 is 0 Å². The molecule has 0 amide bonds. The molecule has 0 aliphatic carbocycles. The van der Waals surface area contributed by atoms with Crippen molar-refractivity contribution in [1.82, 2.24) is 9.97 Å². The van der Waals surface area contributed by atoms with Crippen molar-refractivity contribution in [2.45, 2.75) is 0 Å². The smallest absolute Gasteiger partial charge is 0.186 e. The third-order valence-corrected chi connectivity index (χ3v) is 2.57. The normalized spacial score (nSPS) is 11.1. The van der Waals surface area contributed by atoms with Gasteiger partial charge in [-0.1, -0.05) is 6.07 Å². The number of hydrogen-bond acceptors (Lipinski definition) is 5. The number of aromatic nitrogens is 2. The molecule has 3 aromatic rings. The molecule has 0 fully saturated rings. The Labute approximate surface area is 95.6 Å². The summed E-state index contributed by atoms with van der Waals surface area (Å²) in [6.45, 7) is 0. The number of hydrogen-bond donors (Lipinski definition) is 3. The van der Waals surface area contributed by atoms with Gasteiger partial charge in [-0.25, -0.2) is 9.97 Å². The lowest BCUT2D eigenvalue weighted by molar-refractivity contribution is 0.407. The highest BCUT2D eigenvalue weighted by molar-refractivity contribution is 5.92. The number of aromatic hydroxyl groups is 3. The molecule has 3 rings (SSSR count). The minimum absolute atomic E-state index is 0.0319. The molecule has 84 valence electrons. The topological polar surface area (TPSA) is 86.5 Å². The zero-order valence-electron chi connectivity index (χ0n) is 8.62. The van der Waals surface area contributed by atoms with Gasteiger partial charge in [0, 0.05) is 0 Å². The van der Waals surface area contributed by atoms with E-state index in [1.807, 2.05) is 0 Å². The van der Waals surface area contributed by atoms with Crippen LogP contribution in [-0.2, 0) is 0 Å².